The van der Waals surface area contributed by atoms with Gasteiger partial charge in [-0.15, -0.1) is 0 Å². The Hall–Kier alpha value is -1.83. The predicted molar refractivity (Wildman–Crippen MR) is 110 cm³/mol. The van der Waals surface area contributed by atoms with Gasteiger partial charge in [0.05, 0.1) is 6.67 Å². The van der Waals surface area contributed by atoms with E-state index >= 15 is 0 Å². The van der Waals surface area contributed by atoms with Crippen LogP contribution in [0.4, 0.5) is 0 Å². The number of carbonyl (C=O) groups is 1. The Bertz CT molecular complexity index is 647. The van der Waals surface area contributed by atoms with Gasteiger partial charge in [-0.2, -0.15) is 0 Å². The molecule has 0 saturated carbocycles. The highest BCUT2D eigenvalue weighted by Gasteiger charge is 2.18. The van der Waals surface area contributed by atoms with Gasteiger partial charge in [0.15, 0.2) is 11.5 Å². The van der Waals surface area contributed by atoms with Crippen LogP contribution in [0.15, 0.2) is 18.2 Å². The van der Waals surface area contributed by atoms with Crippen molar-refractivity contribution in [1.29, 1.82) is 0 Å². The summed E-state index contributed by atoms with van der Waals surface area (Å²) in [5.41, 5.74) is 1.22. The van der Waals surface area contributed by atoms with Gasteiger partial charge in [0.2, 0.25) is 12.7 Å². The molecular weight excluding hydrogens is 356 g/mol. The van der Waals surface area contributed by atoms with Crippen LogP contribution in [-0.4, -0.2) is 86.4 Å². The molecule has 2 heterocycles. The third-order valence-electron chi connectivity index (χ3n) is 5.73. The molecule has 1 atom stereocenters. The van der Waals surface area contributed by atoms with Gasteiger partial charge in [-0.25, -0.2) is 0 Å². The fourth-order valence-corrected chi connectivity index (χ4v) is 3.73. The van der Waals surface area contributed by atoms with E-state index in [9.17, 15) is 4.79 Å². The fourth-order valence-electron chi connectivity index (χ4n) is 3.73. The highest BCUT2D eigenvalue weighted by Crippen LogP contribution is 2.32. The number of rotatable bonds is 9. The van der Waals surface area contributed by atoms with Gasteiger partial charge in [-0.05, 0) is 44.6 Å². The second-order valence-corrected chi connectivity index (χ2v) is 7.80. The first kappa shape index (κ1) is 20.9. The number of likely N-dealkylation sites (N-methyl/N-ethyl adjacent to an activating group) is 2. The minimum atomic E-state index is 0.132. The summed E-state index contributed by atoms with van der Waals surface area (Å²) in [6.45, 7) is 11.2. The normalized spacial score (nSPS) is 18.4. The van der Waals surface area contributed by atoms with Gasteiger partial charge in [0.25, 0.3) is 0 Å². The van der Waals surface area contributed by atoms with Crippen LogP contribution in [0.3, 0.4) is 0 Å². The van der Waals surface area contributed by atoms with Crippen molar-refractivity contribution in [2.75, 3.05) is 59.8 Å². The molecule has 156 valence electrons. The highest BCUT2D eigenvalue weighted by molar-refractivity contribution is 5.75. The summed E-state index contributed by atoms with van der Waals surface area (Å²) in [6, 6.07) is 6.44. The van der Waals surface area contributed by atoms with Gasteiger partial charge in [0.1, 0.15) is 0 Å². The van der Waals surface area contributed by atoms with Crippen molar-refractivity contribution in [1.82, 2.24) is 20.0 Å². The summed E-state index contributed by atoms with van der Waals surface area (Å²) in [4.78, 5) is 19.3. The summed E-state index contributed by atoms with van der Waals surface area (Å²) in [5.74, 6) is 1.77. The molecular formula is C21H34N4O3. The van der Waals surface area contributed by atoms with E-state index in [1.54, 1.807) is 0 Å². The molecule has 2 aliphatic rings. The number of hydrogen-bond acceptors (Lipinski definition) is 6. The fraction of sp³-hybridized carbons (Fsp3) is 0.667. The monoisotopic (exact) mass is 390 g/mol. The minimum absolute atomic E-state index is 0.132. The van der Waals surface area contributed by atoms with Crippen LogP contribution in [0.25, 0.3) is 0 Å². The molecule has 3 rings (SSSR count). The van der Waals surface area contributed by atoms with Crippen molar-refractivity contribution in [3.63, 3.8) is 0 Å². The quantitative estimate of drug-likeness (QED) is 0.643. The molecule has 1 N–H and O–H groups in total. The number of amides is 1. The summed E-state index contributed by atoms with van der Waals surface area (Å²) in [6.07, 6.45) is 1.47. The zero-order chi connectivity index (χ0) is 19.9. The molecule has 1 aromatic rings. The van der Waals surface area contributed by atoms with E-state index in [4.69, 9.17) is 9.47 Å². The Morgan fingerprint density at radius 1 is 1.21 bits per heavy atom. The molecule has 1 saturated heterocycles. The standard InChI is InChI=1S/C21H34N4O3/c1-4-25(15-22-21(26)7-8-24-11-9-23(3)10-12-24)17(2)13-18-5-6-19-20(14-18)28-16-27-19/h5-6,14,17H,4,7-13,15-16H2,1-3H3,(H,22,26). The molecule has 0 spiro atoms. The molecule has 1 fully saturated rings. The van der Waals surface area contributed by atoms with E-state index < -0.39 is 0 Å². The van der Waals surface area contributed by atoms with E-state index in [1.165, 1.54) is 5.56 Å². The second kappa shape index (κ2) is 10.1. The van der Waals surface area contributed by atoms with Gasteiger partial charge in [0, 0.05) is 45.2 Å². The molecule has 1 aromatic carbocycles. The lowest BCUT2D eigenvalue weighted by atomic mass is 10.1. The molecule has 0 bridgehead atoms. The molecule has 0 aromatic heterocycles. The molecule has 0 aliphatic carbocycles. The topological polar surface area (TPSA) is 57.3 Å². The number of carbonyl (C=O) groups excluding carboxylic acids is 1. The van der Waals surface area contributed by atoms with Crippen LogP contribution >= 0.6 is 0 Å². The average Bonchev–Trinajstić information content (AvgIpc) is 3.16. The number of ether oxygens (including phenoxy) is 2. The average molecular weight is 391 g/mol. The highest BCUT2D eigenvalue weighted by atomic mass is 16.7. The number of fused-ring (bicyclic) bond motifs is 1. The summed E-state index contributed by atoms with van der Waals surface area (Å²) in [7, 11) is 2.15. The lowest BCUT2D eigenvalue weighted by molar-refractivity contribution is -0.122. The molecule has 1 unspecified atom stereocenters. The Balaban J connectivity index is 1.40. The molecule has 0 radical (unpaired) electrons. The zero-order valence-electron chi connectivity index (χ0n) is 17.4. The zero-order valence-corrected chi connectivity index (χ0v) is 17.4. The first-order valence-electron chi connectivity index (χ1n) is 10.4. The first-order chi connectivity index (χ1) is 13.5. The van der Waals surface area contributed by atoms with Gasteiger partial charge < -0.3 is 24.6 Å². The molecule has 1 amide bonds. The summed E-state index contributed by atoms with van der Waals surface area (Å²) >= 11 is 0. The van der Waals surface area contributed by atoms with E-state index in [0.717, 1.165) is 57.2 Å². The van der Waals surface area contributed by atoms with Crippen molar-refractivity contribution >= 4 is 5.91 Å². The van der Waals surface area contributed by atoms with Crippen LogP contribution < -0.4 is 14.8 Å². The Morgan fingerprint density at radius 2 is 1.96 bits per heavy atom. The summed E-state index contributed by atoms with van der Waals surface area (Å²) in [5, 5.41) is 3.10. The van der Waals surface area contributed by atoms with Gasteiger partial charge in [-0.1, -0.05) is 13.0 Å². The number of benzene rings is 1. The second-order valence-electron chi connectivity index (χ2n) is 7.80. The van der Waals surface area contributed by atoms with Crippen LogP contribution in [0.5, 0.6) is 11.5 Å². The van der Waals surface area contributed by atoms with Crippen LogP contribution in [0.2, 0.25) is 0 Å². The Kier molecular flexibility index (Phi) is 7.53. The number of nitrogens with zero attached hydrogens (tertiary/aromatic N) is 3. The third-order valence-corrected chi connectivity index (χ3v) is 5.73. The van der Waals surface area contributed by atoms with Crippen LogP contribution in [0, 0.1) is 0 Å². The SMILES string of the molecule is CCN(CNC(=O)CCN1CCN(C)CC1)C(C)Cc1ccc2c(c1)OCO2. The smallest absolute Gasteiger partial charge is 0.231 e. The van der Waals surface area contributed by atoms with E-state index in [1.807, 2.05) is 6.07 Å². The molecule has 7 heteroatoms. The maximum atomic E-state index is 12.3. The first-order valence-corrected chi connectivity index (χ1v) is 10.4. The van der Waals surface area contributed by atoms with Crippen molar-refractivity contribution in [2.45, 2.75) is 32.7 Å². The summed E-state index contributed by atoms with van der Waals surface area (Å²) < 4.78 is 10.8. The maximum Gasteiger partial charge on any atom is 0.231 e. The maximum absolute atomic E-state index is 12.3. The van der Waals surface area contributed by atoms with E-state index in [0.29, 0.717) is 25.9 Å². The van der Waals surface area contributed by atoms with Crippen LogP contribution in [-0.2, 0) is 11.2 Å². The van der Waals surface area contributed by atoms with Gasteiger partial charge >= 0.3 is 0 Å². The Morgan fingerprint density at radius 3 is 2.71 bits per heavy atom. The lowest BCUT2D eigenvalue weighted by Crippen LogP contribution is -2.46. The minimum Gasteiger partial charge on any atom is -0.454 e. The number of piperazine rings is 1. The number of nitrogens with one attached hydrogen (secondary N) is 1. The number of hydrogen-bond donors (Lipinski definition) is 1. The van der Waals surface area contributed by atoms with Crippen molar-refractivity contribution < 1.29 is 14.3 Å². The molecule has 7 nitrogen and oxygen atoms in total. The van der Waals surface area contributed by atoms with E-state index in [2.05, 4.69) is 53.0 Å². The van der Waals surface area contributed by atoms with Gasteiger partial charge in [-0.3, -0.25) is 9.69 Å². The lowest BCUT2D eigenvalue weighted by Gasteiger charge is -2.32. The van der Waals surface area contributed by atoms with Crippen molar-refractivity contribution in [2.24, 2.45) is 0 Å². The molecule has 28 heavy (non-hydrogen) atoms. The van der Waals surface area contributed by atoms with Crippen molar-refractivity contribution in [3.05, 3.63) is 23.8 Å². The van der Waals surface area contributed by atoms with E-state index in [-0.39, 0.29) is 5.91 Å². The third kappa shape index (κ3) is 5.83. The predicted octanol–water partition coefficient (Wildman–Crippen LogP) is 1.38. The largest absolute Gasteiger partial charge is 0.454 e. The van der Waals surface area contributed by atoms with Crippen molar-refractivity contribution in [3.8, 4) is 11.5 Å². The van der Waals surface area contributed by atoms with Crippen LogP contribution in [0.1, 0.15) is 25.8 Å². The Labute approximate surface area is 168 Å². The molecule has 2 aliphatic heterocycles.